The lowest BCUT2D eigenvalue weighted by atomic mass is 10.1. The molecule has 0 atom stereocenters. The molecule has 5 N–H and O–H groups in total. The number of hydrogen-bond donors (Lipinski definition) is 4. The summed E-state index contributed by atoms with van der Waals surface area (Å²) in [4.78, 5) is 21.1. The number of anilines is 1. The van der Waals surface area contributed by atoms with Gasteiger partial charge in [0.15, 0.2) is 0 Å². The minimum Gasteiger partial charge on any atom is -0.477 e. The molecule has 2 aromatic heterocycles. The van der Waals surface area contributed by atoms with Crippen molar-refractivity contribution in [2.45, 2.75) is 6.61 Å². The number of hydrogen-bond acceptors (Lipinski definition) is 5. The Morgan fingerprint density at radius 3 is 2.88 bits per heavy atom. The van der Waals surface area contributed by atoms with Crippen LogP contribution in [0.4, 0.5) is 5.95 Å². The highest BCUT2D eigenvalue weighted by atomic mass is 16.4. The SMILES string of the molecule is Nc1ncc(CO)c(-c2c[nH]c(C(=O)O)c2)n1. The standard InChI is InChI=1S/C10H10N4O3/c11-10-13-3-6(4-15)8(14-10)5-1-7(9(16)17)12-2-5/h1-3,12,15H,4H2,(H,16,17)(H2,11,13,14). The molecular formula is C10H10N4O3. The molecule has 0 spiro atoms. The van der Waals surface area contributed by atoms with Crippen LogP contribution in [0.25, 0.3) is 11.3 Å². The van der Waals surface area contributed by atoms with Crippen LogP contribution in [-0.4, -0.2) is 31.1 Å². The summed E-state index contributed by atoms with van der Waals surface area (Å²) in [7, 11) is 0. The summed E-state index contributed by atoms with van der Waals surface area (Å²) in [5.74, 6) is -1.00. The van der Waals surface area contributed by atoms with E-state index in [-0.39, 0.29) is 18.2 Å². The number of nitrogen functional groups attached to an aromatic ring is 1. The zero-order valence-corrected chi connectivity index (χ0v) is 8.71. The van der Waals surface area contributed by atoms with Crippen LogP contribution >= 0.6 is 0 Å². The first-order valence-electron chi connectivity index (χ1n) is 4.76. The molecule has 0 bridgehead atoms. The van der Waals surface area contributed by atoms with Gasteiger partial charge < -0.3 is 20.9 Å². The van der Waals surface area contributed by atoms with E-state index in [0.717, 1.165) is 0 Å². The van der Waals surface area contributed by atoms with Crippen molar-refractivity contribution in [2.75, 3.05) is 5.73 Å². The first kappa shape index (κ1) is 11.1. The Labute approximate surface area is 96.0 Å². The average molecular weight is 234 g/mol. The quantitative estimate of drug-likeness (QED) is 0.603. The lowest BCUT2D eigenvalue weighted by Gasteiger charge is -2.04. The minimum atomic E-state index is -1.07. The fourth-order valence-electron chi connectivity index (χ4n) is 1.44. The monoisotopic (exact) mass is 234 g/mol. The molecular weight excluding hydrogens is 224 g/mol. The molecule has 0 radical (unpaired) electrons. The van der Waals surface area contributed by atoms with E-state index in [2.05, 4.69) is 15.0 Å². The summed E-state index contributed by atoms with van der Waals surface area (Å²) in [5.41, 5.74) is 6.94. The highest BCUT2D eigenvalue weighted by molar-refractivity contribution is 5.87. The number of rotatable bonds is 3. The summed E-state index contributed by atoms with van der Waals surface area (Å²) in [6.07, 6.45) is 2.90. The third kappa shape index (κ3) is 2.08. The number of aliphatic hydroxyl groups is 1. The van der Waals surface area contributed by atoms with Crippen LogP contribution in [0, 0.1) is 0 Å². The number of carbonyl (C=O) groups is 1. The van der Waals surface area contributed by atoms with Crippen molar-refractivity contribution in [1.29, 1.82) is 0 Å². The largest absolute Gasteiger partial charge is 0.477 e. The Kier molecular flexibility index (Phi) is 2.75. The van der Waals surface area contributed by atoms with E-state index < -0.39 is 5.97 Å². The number of nitrogens with one attached hydrogen (secondary N) is 1. The van der Waals surface area contributed by atoms with Gasteiger partial charge in [-0.2, -0.15) is 0 Å². The van der Waals surface area contributed by atoms with Gasteiger partial charge in [0.2, 0.25) is 5.95 Å². The molecule has 0 saturated heterocycles. The summed E-state index contributed by atoms with van der Waals surface area (Å²) in [5, 5.41) is 17.9. The topological polar surface area (TPSA) is 125 Å². The fraction of sp³-hybridized carbons (Fsp3) is 0.100. The van der Waals surface area contributed by atoms with Crippen molar-refractivity contribution in [2.24, 2.45) is 0 Å². The van der Waals surface area contributed by atoms with Crippen molar-refractivity contribution in [3.8, 4) is 11.3 Å². The predicted molar refractivity (Wildman–Crippen MR) is 59.1 cm³/mol. The van der Waals surface area contributed by atoms with Crippen molar-refractivity contribution in [3.05, 3.63) is 29.7 Å². The molecule has 7 nitrogen and oxygen atoms in total. The molecule has 0 aromatic carbocycles. The zero-order chi connectivity index (χ0) is 12.4. The van der Waals surface area contributed by atoms with Crippen molar-refractivity contribution < 1.29 is 15.0 Å². The maximum absolute atomic E-state index is 10.7. The lowest BCUT2D eigenvalue weighted by molar-refractivity contribution is 0.0691. The fourth-order valence-corrected chi connectivity index (χ4v) is 1.44. The van der Waals surface area contributed by atoms with Crippen LogP contribution in [0.15, 0.2) is 18.5 Å². The van der Waals surface area contributed by atoms with Gasteiger partial charge in [-0.25, -0.2) is 14.8 Å². The number of aromatic nitrogens is 3. The number of nitrogens with two attached hydrogens (primary N) is 1. The number of aromatic amines is 1. The summed E-state index contributed by atoms with van der Waals surface area (Å²) < 4.78 is 0. The Balaban J connectivity index is 2.51. The molecule has 2 heterocycles. The van der Waals surface area contributed by atoms with Crippen LogP contribution in [0.1, 0.15) is 16.1 Å². The van der Waals surface area contributed by atoms with E-state index in [1.807, 2.05) is 0 Å². The van der Waals surface area contributed by atoms with Crippen LogP contribution in [0.5, 0.6) is 0 Å². The van der Waals surface area contributed by atoms with Gasteiger partial charge in [-0.15, -0.1) is 0 Å². The van der Waals surface area contributed by atoms with Crippen LogP contribution in [-0.2, 0) is 6.61 Å². The average Bonchev–Trinajstić information content (AvgIpc) is 2.78. The Bertz CT molecular complexity index is 564. The van der Waals surface area contributed by atoms with Crippen molar-refractivity contribution in [1.82, 2.24) is 15.0 Å². The van der Waals surface area contributed by atoms with Gasteiger partial charge in [-0.05, 0) is 6.07 Å². The number of H-pyrrole nitrogens is 1. The second-order valence-corrected chi connectivity index (χ2v) is 3.37. The van der Waals surface area contributed by atoms with Gasteiger partial charge in [0.25, 0.3) is 0 Å². The molecule has 2 aromatic rings. The van der Waals surface area contributed by atoms with Crippen molar-refractivity contribution >= 4 is 11.9 Å². The Morgan fingerprint density at radius 1 is 1.53 bits per heavy atom. The molecule has 0 amide bonds. The van der Waals surface area contributed by atoms with E-state index in [1.165, 1.54) is 18.5 Å². The van der Waals surface area contributed by atoms with Gasteiger partial charge in [0.1, 0.15) is 5.69 Å². The third-order valence-corrected chi connectivity index (χ3v) is 2.24. The van der Waals surface area contributed by atoms with Crippen LogP contribution in [0.3, 0.4) is 0 Å². The van der Waals surface area contributed by atoms with Crippen LogP contribution in [0.2, 0.25) is 0 Å². The van der Waals surface area contributed by atoms with E-state index in [1.54, 1.807) is 0 Å². The second kappa shape index (κ2) is 4.22. The Morgan fingerprint density at radius 2 is 2.29 bits per heavy atom. The molecule has 17 heavy (non-hydrogen) atoms. The Hall–Kier alpha value is -2.41. The minimum absolute atomic E-state index is 0.0427. The van der Waals surface area contributed by atoms with Gasteiger partial charge >= 0.3 is 5.97 Å². The highest BCUT2D eigenvalue weighted by Crippen LogP contribution is 2.22. The van der Waals surface area contributed by atoms with Crippen LogP contribution < -0.4 is 5.73 Å². The molecule has 7 heteroatoms. The number of nitrogens with zero attached hydrogens (tertiary/aromatic N) is 2. The number of aliphatic hydroxyl groups excluding tert-OH is 1. The van der Waals surface area contributed by atoms with E-state index >= 15 is 0 Å². The molecule has 0 fully saturated rings. The maximum atomic E-state index is 10.7. The number of carboxylic acid groups (broad SMARTS) is 1. The smallest absolute Gasteiger partial charge is 0.352 e. The van der Waals surface area contributed by atoms with E-state index in [4.69, 9.17) is 15.9 Å². The normalized spacial score (nSPS) is 10.4. The van der Waals surface area contributed by atoms with Gasteiger partial charge in [0, 0.05) is 23.5 Å². The van der Waals surface area contributed by atoms with Gasteiger partial charge in [-0.1, -0.05) is 0 Å². The predicted octanol–water partition coefficient (Wildman–Crippen LogP) is 0.244. The second-order valence-electron chi connectivity index (χ2n) is 3.37. The summed E-state index contributed by atoms with van der Waals surface area (Å²) in [6.45, 7) is -0.247. The summed E-state index contributed by atoms with van der Waals surface area (Å²) in [6, 6.07) is 1.42. The van der Waals surface area contributed by atoms with Crippen molar-refractivity contribution in [3.63, 3.8) is 0 Å². The molecule has 0 aliphatic rings. The van der Waals surface area contributed by atoms with Gasteiger partial charge in [0.05, 0.1) is 12.3 Å². The van der Waals surface area contributed by atoms with Gasteiger partial charge in [-0.3, -0.25) is 0 Å². The highest BCUT2D eigenvalue weighted by Gasteiger charge is 2.12. The molecule has 0 aliphatic carbocycles. The summed E-state index contributed by atoms with van der Waals surface area (Å²) >= 11 is 0. The molecule has 88 valence electrons. The lowest BCUT2D eigenvalue weighted by Crippen LogP contribution is -2.00. The molecule has 2 rings (SSSR count). The molecule has 0 unspecified atom stereocenters. The number of carboxylic acids is 1. The maximum Gasteiger partial charge on any atom is 0.352 e. The number of aromatic carboxylic acids is 1. The third-order valence-electron chi connectivity index (χ3n) is 2.24. The molecule has 0 saturated carbocycles. The first-order chi connectivity index (χ1) is 8.11. The molecule has 0 aliphatic heterocycles. The zero-order valence-electron chi connectivity index (χ0n) is 8.71. The van der Waals surface area contributed by atoms with E-state index in [0.29, 0.717) is 16.8 Å². The first-order valence-corrected chi connectivity index (χ1v) is 4.76. The van der Waals surface area contributed by atoms with E-state index in [9.17, 15) is 4.79 Å².